The van der Waals surface area contributed by atoms with Crippen molar-refractivity contribution < 1.29 is 9.90 Å². The summed E-state index contributed by atoms with van der Waals surface area (Å²) in [4.78, 5) is 11.9. The van der Waals surface area contributed by atoms with Crippen molar-refractivity contribution in [3.8, 4) is 6.07 Å². The van der Waals surface area contributed by atoms with Gasteiger partial charge in [-0.1, -0.05) is 0 Å². The number of piperidine rings is 1. The second-order valence-corrected chi connectivity index (χ2v) is 3.59. The highest BCUT2D eigenvalue weighted by molar-refractivity contribution is 9.12. The van der Waals surface area contributed by atoms with Crippen LogP contribution in [0.25, 0.3) is 0 Å². The van der Waals surface area contributed by atoms with E-state index in [0.717, 1.165) is 5.57 Å². The molecule has 0 aromatic rings. The molecule has 0 aliphatic carbocycles. The summed E-state index contributed by atoms with van der Waals surface area (Å²) in [7, 11) is 0. The Kier molecular flexibility index (Phi) is 3.32. The molecule has 13 heavy (non-hydrogen) atoms. The van der Waals surface area contributed by atoms with Crippen LogP contribution in [-0.2, 0) is 0 Å². The van der Waals surface area contributed by atoms with Crippen LogP contribution in [0.3, 0.4) is 0 Å². The van der Waals surface area contributed by atoms with Gasteiger partial charge in [0.25, 0.3) is 0 Å². The van der Waals surface area contributed by atoms with Gasteiger partial charge in [0, 0.05) is 13.1 Å². The molecule has 0 aromatic heterocycles. The van der Waals surface area contributed by atoms with Crippen molar-refractivity contribution in [2.45, 2.75) is 12.8 Å². The van der Waals surface area contributed by atoms with E-state index < -0.39 is 6.09 Å². The average molecular weight is 245 g/mol. The molecule has 1 amide bonds. The Morgan fingerprint density at radius 3 is 2.46 bits per heavy atom. The van der Waals surface area contributed by atoms with Gasteiger partial charge < -0.3 is 10.0 Å². The lowest BCUT2D eigenvalue weighted by molar-refractivity contribution is 0.141. The van der Waals surface area contributed by atoms with Crippen LogP contribution in [0.15, 0.2) is 10.1 Å². The van der Waals surface area contributed by atoms with E-state index in [9.17, 15) is 4.79 Å². The van der Waals surface area contributed by atoms with E-state index in [2.05, 4.69) is 15.9 Å². The van der Waals surface area contributed by atoms with Crippen LogP contribution in [0.1, 0.15) is 12.8 Å². The minimum atomic E-state index is -0.882. The smallest absolute Gasteiger partial charge is 0.407 e. The summed E-state index contributed by atoms with van der Waals surface area (Å²) in [5.41, 5.74) is 1.01. The number of nitrogens with zero attached hydrogens (tertiary/aromatic N) is 2. The molecule has 1 saturated heterocycles. The highest BCUT2D eigenvalue weighted by atomic mass is 79.9. The van der Waals surface area contributed by atoms with Gasteiger partial charge in [-0.3, -0.25) is 0 Å². The summed E-state index contributed by atoms with van der Waals surface area (Å²) in [5.74, 6) is 0. The van der Waals surface area contributed by atoms with Gasteiger partial charge in [0.2, 0.25) is 0 Å². The number of allylic oxidation sites excluding steroid dienone is 1. The monoisotopic (exact) mass is 244 g/mol. The molecule has 0 spiro atoms. The van der Waals surface area contributed by atoms with E-state index in [0.29, 0.717) is 30.4 Å². The molecule has 70 valence electrons. The first-order valence-corrected chi connectivity index (χ1v) is 4.70. The normalized spacial score (nSPS) is 16.6. The number of amides is 1. The molecule has 1 aliphatic rings. The van der Waals surface area contributed by atoms with Gasteiger partial charge in [-0.15, -0.1) is 0 Å². The summed E-state index contributed by atoms with van der Waals surface area (Å²) in [6, 6.07) is 2.01. The molecule has 0 unspecified atom stereocenters. The van der Waals surface area contributed by atoms with Gasteiger partial charge in [0.1, 0.15) is 6.07 Å². The topological polar surface area (TPSA) is 64.3 Å². The predicted octanol–water partition coefficient (Wildman–Crippen LogP) is 1.93. The predicted molar refractivity (Wildman–Crippen MR) is 50.4 cm³/mol. The SMILES string of the molecule is N#CC(Br)=C1CCN(C(=O)O)CC1. The molecule has 0 saturated carbocycles. The molecule has 0 atom stereocenters. The lowest BCUT2D eigenvalue weighted by Crippen LogP contribution is -2.35. The van der Waals surface area contributed by atoms with E-state index >= 15 is 0 Å². The molecule has 1 heterocycles. The fourth-order valence-corrected chi connectivity index (χ4v) is 1.66. The summed E-state index contributed by atoms with van der Waals surface area (Å²) in [6.45, 7) is 0.975. The quantitative estimate of drug-likeness (QED) is 0.663. The molecule has 1 N–H and O–H groups in total. The van der Waals surface area contributed by atoms with E-state index in [1.165, 1.54) is 4.90 Å². The average Bonchev–Trinajstić information content (AvgIpc) is 2.17. The minimum Gasteiger partial charge on any atom is -0.465 e. The molecule has 0 aromatic carbocycles. The molecule has 4 nitrogen and oxygen atoms in total. The number of carbonyl (C=O) groups is 1. The maximum Gasteiger partial charge on any atom is 0.407 e. The van der Waals surface area contributed by atoms with Gasteiger partial charge in [-0.05, 0) is 34.3 Å². The van der Waals surface area contributed by atoms with Crippen molar-refractivity contribution in [3.05, 3.63) is 10.1 Å². The summed E-state index contributed by atoms with van der Waals surface area (Å²) >= 11 is 3.15. The van der Waals surface area contributed by atoms with E-state index in [-0.39, 0.29) is 0 Å². The number of nitriles is 1. The maximum atomic E-state index is 10.5. The molecule has 1 rings (SSSR count). The van der Waals surface area contributed by atoms with Gasteiger partial charge in [0.15, 0.2) is 0 Å². The maximum absolute atomic E-state index is 10.5. The zero-order valence-electron chi connectivity index (χ0n) is 6.96. The molecular weight excluding hydrogens is 236 g/mol. The number of hydrogen-bond donors (Lipinski definition) is 1. The lowest BCUT2D eigenvalue weighted by Gasteiger charge is -2.25. The zero-order valence-corrected chi connectivity index (χ0v) is 8.54. The second-order valence-electron chi connectivity index (χ2n) is 2.80. The number of likely N-dealkylation sites (tertiary alicyclic amines) is 1. The minimum absolute atomic E-state index is 0.488. The van der Waals surface area contributed by atoms with Gasteiger partial charge in [-0.2, -0.15) is 5.26 Å². The fraction of sp³-hybridized carbons (Fsp3) is 0.500. The van der Waals surface area contributed by atoms with Crippen molar-refractivity contribution in [2.24, 2.45) is 0 Å². The Morgan fingerprint density at radius 2 is 2.08 bits per heavy atom. The Bertz CT molecular complexity index is 283. The summed E-state index contributed by atoms with van der Waals surface area (Å²) in [5, 5.41) is 17.2. The van der Waals surface area contributed by atoms with E-state index in [4.69, 9.17) is 10.4 Å². The Hall–Kier alpha value is -1.02. The third-order valence-corrected chi connectivity index (χ3v) is 2.78. The van der Waals surface area contributed by atoms with Crippen LogP contribution >= 0.6 is 15.9 Å². The first-order chi connectivity index (χ1) is 6.15. The molecule has 0 bridgehead atoms. The highest BCUT2D eigenvalue weighted by Gasteiger charge is 2.19. The van der Waals surface area contributed by atoms with Crippen LogP contribution in [0, 0.1) is 11.3 Å². The first kappa shape index (κ1) is 10.1. The van der Waals surface area contributed by atoms with Gasteiger partial charge in [-0.25, -0.2) is 4.79 Å². The lowest BCUT2D eigenvalue weighted by atomic mass is 10.0. The Morgan fingerprint density at radius 1 is 1.54 bits per heavy atom. The van der Waals surface area contributed by atoms with Crippen molar-refractivity contribution in [1.29, 1.82) is 5.26 Å². The molecule has 1 aliphatic heterocycles. The first-order valence-electron chi connectivity index (χ1n) is 3.90. The van der Waals surface area contributed by atoms with Crippen LogP contribution in [0.2, 0.25) is 0 Å². The molecule has 1 fully saturated rings. The van der Waals surface area contributed by atoms with Crippen LogP contribution in [0.4, 0.5) is 4.79 Å². The fourth-order valence-electron chi connectivity index (χ4n) is 1.27. The number of carboxylic acid groups (broad SMARTS) is 1. The van der Waals surface area contributed by atoms with Crippen LogP contribution in [-0.4, -0.2) is 29.2 Å². The largest absolute Gasteiger partial charge is 0.465 e. The van der Waals surface area contributed by atoms with Crippen molar-refractivity contribution in [3.63, 3.8) is 0 Å². The highest BCUT2D eigenvalue weighted by Crippen LogP contribution is 2.22. The van der Waals surface area contributed by atoms with Crippen LogP contribution in [0.5, 0.6) is 0 Å². The van der Waals surface area contributed by atoms with Gasteiger partial charge in [0.05, 0.1) is 4.48 Å². The number of hydrogen-bond acceptors (Lipinski definition) is 2. The summed E-state index contributed by atoms with van der Waals surface area (Å²) < 4.78 is 0.553. The summed E-state index contributed by atoms with van der Waals surface area (Å²) in [6.07, 6.45) is 0.424. The Balaban J connectivity index is 2.59. The van der Waals surface area contributed by atoms with Crippen molar-refractivity contribution >= 4 is 22.0 Å². The number of halogens is 1. The van der Waals surface area contributed by atoms with E-state index in [1.54, 1.807) is 0 Å². The van der Waals surface area contributed by atoms with Gasteiger partial charge >= 0.3 is 6.09 Å². The van der Waals surface area contributed by atoms with Crippen molar-refractivity contribution in [1.82, 2.24) is 4.90 Å². The zero-order chi connectivity index (χ0) is 9.84. The van der Waals surface area contributed by atoms with Crippen molar-refractivity contribution in [2.75, 3.05) is 13.1 Å². The third-order valence-electron chi connectivity index (χ3n) is 2.05. The third kappa shape index (κ3) is 2.46. The standard InChI is InChI=1S/C8H9BrN2O2/c9-7(5-10)6-1-3-11(4-2-6)8(12)13/h1-4H2,(H,12,13). The second kappa shape index (κ2) is 4.28. The van der Waals surface area contributed by atoms with Crippen LogP contribution < -0.4 is 0 Å². The molecule has 5 heteroatoms. The number of rotatable bonds is 0. The molecular formula is C8H9BrN2O2. The Labute approximate surface area is 84.6 Å². The molecule has 0 radical (unpaired) electrons. The van der Waals surface area contributed by atoms with E-state index in [1.807, 2.05) is 6.07 Å².